The number of para-hydroxylation sites is 1. The highest BCUT2D eigenvalue weighted by atomic mass is 16.3. The highest BCUT2D eigenvalue weighted by Crippen LogP contribution is 2.36. The highest BCUT2D eigenvalue weighted by molar-refractivity contribution is 6.07. The van der Waals surface area contributed by atoms with E-state index in [0.717, 1.165) is 44.5 Å². The van der Waals surface area contributed by atoms with E-state index in [1.807, 2.05) is 36.4 Å². The van der Waals surface area contributed by atoms with Crippen LogP contribution in [0.4, 0.5) is 0 Å². The third-order valence-electron chi connectivity index (χ3n) is 7.97. The molecule has 4 nitrogen and oxygen atoms in total. The predicted molar refractivity (Wildman–Crippen MR) is 168 cm³/mol. The Kier molecular flexibility index (Phi) is 5.64. The number of fused-ring (bicyclic) bond motifs is 4. The third kappa shape index (κ3) is 4.26. The molecule has 41 heavy (non-hydrogen) atoms. The summed E-state index contributed by atoms with van der Waals surface area (Å²) in [4.78, 5) is 5.14. The molecule has 1 aliphatic rings. The first-order chi connectivity index (χ1) is 20.3. The Morgan fingerprint density at radius 3 is 2.17 bits per heavy atom. The lowest BCUT2D eigenvalue weighted by Crippen LogP contribution is -2.45. The summed E-state index contributed by atoms with van der Waals surface area (Å²) in [5, 5.41) is 12.2. The molecule has 2 N–H and O–H groups in total. The molecule has 0 fully saturated rings. The first kappa shape index (κ1) is 23.7. The quantitative estimate of drug-likeness (QED) is 0.240. The Morgan fingerprint density at radius 2 is 1.29 bits per heavy atom. The van der Waals surface area contributed by atoms with Crippen LogP contribution in [0.2, 0.25) is 0 Å². The summed E-state index contributed by atoms with van der Waals surface area (Å²) in [6.07, 6.45) is -0.395. The van der Waals surface area contributed by atoms with Gasteiger partial charge in [-0.1, -0.05) is 121 Å². The fourth-order valence-electron chi connectivity index (χ4n) is 5.90. The number of rotatable bonds is 4. The molecule has 2 atom stereocenters. The van der Waals surface area contributed by atoms with Crippen molar-refractivity contribution in [1.29, 1.82) is 0 Å². The summed E-state index contributed by atoms with van der Waals surface area (Å²) in [6, 6.07) is 48.7. The molecule has 1 aliphatic heterocycles. The summed E-state index contributed by atoms with van der Waals surface area (Å²) < 4.78 is 6.20. The van der Waals surface area contributed by atoms with Crippen LogP contribution in [-0.2, 0) is 0 Å². The van der Waals surface area contributed by atoms with Crippen molar-refractivity contribution in [3.63, 3.8) is 0 Å². The lowest BCUT2D eigenvalue weighted by atomic mass is 9.99. The van der Waals surface area contributed by atoms with Gasteiger partial charge in [0.2, 0.25) is 0 Å². The van der Waals surface area contributed by atoms with E-state index in [0.29, 0.717) is 0 Å². The Morgan fingerprint density at radius 1 is 0.561 bits per heavy atom. The number of nitrogens with one attached hydrogen (secondary N) is 2. The van der Waals surface area contributed by atoms with Crippen LogP contribution in [0.1, 0.15) is 29.0 Å². The summed E-state index contributed by atoms with van der Waals surface area (Å²) in [5.41, 5.74) is 7.47. The average molecular weight is 530 g/mol. The molecular weight excluding hydrogens is 502 g/mol. The minimum absolute atomic E-state index is 0.169. The normalized spacial score (nSPS) is 17.0. The minimum atomic E-state index is -0.226. The van der Waals surface area contributed by atoms with Gasteiger partial charge in [-0.3, -0.25) is 5.32 Å². The number of hydrogen-bond acceptors (Lipinski definition) is 4. The molecule has 196 valence electrons. The largest absolute Gasteiger partial charge is 0.456 e. The van der Waals surface area contributed by atoms with Gasteiger partial charge in [0.25, 0.3) is 0 Å². The second-order valence-corrected chi connectivity index (χ2v) is 10.5. The summed E-state index contributed by atoms with van der Waals surface area (Å²) in [5.74, 6) is 0.864. The van der Waals surface area contributed by atoms with E-state index < -0.39 is 0 Å². The van der Waals surface area contributed by atoms with Crippen LogP contribution in [0.3, 0.4) is 0 Å². The van der Waals surface area contributed by atoms with E-state index in [1.165, 1.54) is 21.9 Å². The predicted octanol–water partition coefficient (Wildman–Crippen LogP) is 8.74. The molecule has 0 spiro atoms. The molecule has 4 heteroatoms. The topological polar surface area (TPSA) is 49.6 Å². The van der Waals surface area contributed by atoms with Crippen molar-refractivity contribution in [3.05, 3.63) is 156 Å². The molecule has 0 saturated carbocycles. The van der Waals surface area contributed by atoms with Gasteiger partial charge in [-0.05, 0) is 45.7 Å². The van der Waals surface area contributed by atoms with Gasteiger partial charge in [0.1, 0.15) is 29.3 Å². The zero-order chi connectivity index (χ0) is 27.2. The SMILES string of the molecule is c1ccc(C2=NC(c3ccc(-c4ccc5ccccc5c4)cc3)NC(c3cccc4oc5ccccc5c34)N2)cc1. The molecule has 7 aromatic rings. The first-order valence-electron chi connectivity index (χ1n) is 14.0. The number of amidine groups is 1. The zero-order valence-corrected chi connectivity index (χ0v) is 22.3. The van der Waals surface area contributed by atoms with E-state index in [4.69, 9.17) is 9.41 Å². The van der Waals surface area contributed by atoms with Gasteiger partial charge in [0, 0.05) is 21.9 Å². The van der Waals surface area contributed by atoms with Crippen LogP contribution < -0.4 is 10.6 Å². The summed E-state index contributed by atoms with van der Waals surface area (Å²) >= 11 is 0. The van der Waals surface area contributed by atoms with Crippen molar-refractivity contribution in [1.82, 2.24) is 10.6 Å². The van der Waals surface area contributed by atoms with Crippen molar-refractivity contribution < 1.29 is 4.42 Å². The maximum absolute atomic E-state index is 6.20. The monoisotopic (exact) mass is 529 g/mol. The fourth-order valence-corrected chi connectivity index (χ4v) is 5.90. The van der Waals surface area contributed by atoms with Crippen LogP contribution in [0.15, 0.2) is 149 Å². The molecule has 1 aromatic heterocycles. The highest BCUT2D eigenvalue weighted by Gasteiger charge is 2.27. The lowest BCUT2D eigenvalue weighted by molar-refractivity contribution is 0.411. The molecule has 0 amide bonds. The zero-order valence-electron chi connectivity index (χ0n) is 22.3. The maximum Gasteiger partial charge on any atom is 0.135 e. The van der Waals surface area contributed by atoms with E-state index >= 15 is 0 Å². The summed E-state index contributed by atoms with van der Waals surface area (Å²) in [7, 11) is 0. The van der Waals surface area contributed by atoms with Crippen molar-refractivity contribution in [2.45, 2.75) is 12.3 Å². The number of nitrogens with zero attached hydrogens (tertiary/aromatic N) is 1. The minimum Gasteiger partial charge on any atom is -0.456 e. The van der Waals surface area contributed by atoms with Crippen molar-refractivity contribution in [2.75, 3.05) is 0 Å². The van der Waals surface area contributed by atoms with Crippen molar-refractivity contribution in [3.8, 4) is 11.1 Å². The van der Waals surface area contributed by atoms with Gasteiger partial charge in [-0.25, -0.2) is 4.99 Å². The molecule has 0 bridgehead atoms. The smallest absolute Gasteiger partial charge is 0.135 e. The molecule has 2 heterocycles. The summed E-state index contributed by atoms with van der Waals surface area (Å²) in [6.45, 7) is 0. The van der Waals surface area contributed by atoms with Gasteiger partial charge >= 0.3 is 0 Å². The second kappa shape index (κ2) is 9.77. The van der Waals surface area contributed by atoms with E-state index in [9.17, 15) is 0 Å². The van der Waals surface area contributed by atoms with Crippen LogP contribution in [-0.4, -0.2) is 5.84 Å². The lowest BCUT2D eigenvalue weighted by Gasteiger charge is -2.32. The third-order valence-corrected chi connectivity index (χ3v) is 7.97. The van der Waals surface area contributed by atoms with Gasteiger partial charge in [-0.2, -0.15) is 0 Å². The van der Waals surface area contributed by atoms with Crippen LogP contribution >= 0.6 is 0 Å². The Labute approximate surface area is 238 Å². The van der Waals surface area contributed by atoms with Crippen LogP contribution in [0, 0.1) is 0 Å². The number of aliphatic imine (C=N–C) groups is 1. The molecule has 6 aromatic carbocycles. The number of hydrogen-bond donors (Lipinski definition) is 2. The van der Waals surface area contributed by atoms with Gasteiger partial charge in [0.15, 0.2) is 0 Å². The molecule has 2 unspecified atom stereocenters. The average Bonchev–Trinajstić information content (AvgIpc) is 3.44. The Bertz CT molecular complexity index is 2060. The second-order valence-electron chi connectivity index (χ2n) is 10.5. The molecule has 8 rings (SSSR count). The number of furan rings is 1. The molecule has 0 radical (unpaired) electrons. The number of benzene rings is 6. The van der Waals surface area contributed by atoms with E-state index in [2.05, 4.69) is 114 Å². The van der Waals surface area contributed by atoms with Crippen LogP contribution in [0.5, 0.6) is 0 Å². The van der Waals surface area contributed by atoms with Gasteiger partial charge < -0.3 is 9.73 Å². The molecule has 0 saturated heterocycles. The van der Waals surface area contributed by atoms with E-state index in [-0.39, 0.29) is 12.3 Å². The van der Waals surface area contributed by atoms with Gasteiger partial charge in [0.05, 0.1) is 0 Å². The van der Waals surface area contributed by atoms with Gasteiger partial charge in [-0.15, -0.1) is 0 Å². The molecular formula is C37H27N3O. The fraction of sp³-hybridized carbons (Fsp3) is 0.0541. The standard InChI is InChI=1S/C37H27N3O/c1-2-10-26(11-3-1)35-38-36(27-20-17-25(18-21-27)29-22-19-24-9-4-5-12-28(24)23-29)40-37(39-35)31-14-8-16-33-34(31)30-13-6-7-15-32(30)41-33/h1-23,36-37,40H,(H,38,39). The van der Waals surface area contributed by atoms with Crippen molar-refractivity contribution >= 4 is 38.5 Å². The molecule has 0 aliphatic carbocycles. The van der Waals surface area contributed by atoms with Crippen molar-refractivity contribution in [2.24, 2.45) is 4.99 Å². The first-order valence-corrected chi connectivity index (χ1v) is 14.0. The Hall–Kier alpha value is -5.19. The van der Waals surface area contributed by atoms with Crippen LogP contribution in [0.25, 0.3) is 43.8 Å². The Balaban J connectivity index is 1.19. The van der Waals surface area contributed by atoms with E-state index in [1.54, 1.807) is 0 Å². The maximum atomic E-state index is 6.20.